The summed E-state index contributed by atoms with van der Waals surface area (Å²) in [7, 11) is 2.69. The summed E-state index contributed by atoms with van der Waals surface area (Å²) in [6.07, 6.45) is 2.74. The van der Waals surface area contributed by atoms with Crippen molar-refractivity contribution in [2.75, 3.05) is 27.3 Å². The molecule has 2 amide bonds. The van der Waals surface area contributed by atoms with Gasteiger partial charge in [0.1, 0.15) is 0 Å². The molecule has 0 unspecified atom stereocenters. The van der Waals surface area contributed by atoms with Gasteiger partial charge in [0.05, 0.1) is 0 Å². The summed E-state index contributed by atoms with van der Waals surface area (Å²) < 4.78 is 11.7. The molecule has 2 aromatic carbocycles. The molecule has 2 atom stereocenters. The second-order valence-corrected chi connectivity index (χ2v) is 14.7. The van der Waals surface area contributed by atoms with Crippen LogP contribution in [0.15, 0.2) is 48.5 Å². The number of methoxy groups -OCH3 is 2. The normalized spacial score (nSPS) is 19.3. The Kier molecular flexibility index (Phi) is 8.85. The molecular weight excluding hydrogens is 594 g/mol. The predicted molar refractivity (Wildman–Crippen MR) is 136 cm³/mol. The average molecular weight is 622 g/mol. The maximum absolute atomic E-state index is 13.4. The van der Waals surface area contributed by atoms with Gasteiger partial charge >= 0.3 is 222 Å². The second kappa shape index (κ2) is 12.1. The third-order valence-electron chi connectivity index (χ3n) is 6.43. The van der Waals surface area contributed by atoms with E-state index in [1.54, 1.807) is 9.80 Å². The number of hydrogen-bond acceptors (Lipinski definition) is 6. The van der Waals surface area contributed by atoms with Gasteiger partial charge in [-0.3, -0.25) is 0 Å². The maximum atomic E-state index is 13.4. The molecule has 36 heavy (non-hydrogen) atoms. The van der Waals surface area contributed by atoms with Crippen LogP contribution >= 0.6 is 0 Å². The summed E-state index contributed by atoms with van der Waals surface area (Å²) in [6, 6.07) is 13.9. The van der Waals surface area contributed by atoms with Crippen LogP contribution in [-0.4, -0.2) is 99.2 Å². The van der Waals surface area contributed by atoms with Gasteiger partial charge in [0, 0.05) is 0 Å². The van der Waals surface area contributed by atoms with Crippen molar-refractivity contribution in [3.63, 3.8) is 0 Å². The van der Waals surface area contributed by atoms with Gasteiger partial charge in [-0.1, -0.05) is 0 Å². The Hall–Kier alpha value is -2.64. The van der Waals surface area contributed by atoms with Crippen LogP contribution in [0.5, 0.6) is 0 Å². The molecule has 2 saturated heterocycles. The SMILES string of the molecule is COC(=O)[C@H]1CCCN1C(=O)c1ccccc1[Se][Se]c1ccccc1C(=O)N1CCC[C@H]1C(=O)OC. The van der Waals surface area contributed by atoms with Gasteiger partial charge in [-0.15, -0.1) is 0 Å². The molecule has 2 aromatic rings. The van der Waals surface area contributed by atoms with Gasteiger partial charge in [-0.05, 0) is 0 Å². The molecule has 10 heteroatoms. The Balaban J connectivity index is 1.53. The van der Waals surface area contributed by atoms with Crippen LogP contribution < -0.4 is 8.92 Å². The first-order valence-corrected chi connectivity index (χ1v) is 17.8. The van der Waals surface area contributed by atoms with Crippen molar-refractivity contribution >= 4 is 58.9 Å². The first kappa shape index (κ1) is 26.4. The quantitative estimate of drug-likeness (QED) is 0.331. The average Bonchev–Trinajstić information content (AvgIpc) is 3.61. The second-order valence-electron chi connectivity index (χ2n) is 8.52. The third-order valence-corrected chi connectivity index (χ3v) is 13.7. The van der Waals surface area contributed by atoms with Gasteiger partial charge < -0.3 is 0 Å². The van der Waals surface area contributed by atoms with Gasteiger partial charge in [0.25, 0.3) is 0 Å². The zero-order chi connectivity index (χ0) is 25.7. The Bertz CT molecular complexity index is 1070. The number of nitrogens with zero attached hydrogens (tertiary/aromatic N) is 2. The van der Waals surface area contributed by atoms with E-state index in [4.69, 9.17) is 9.47 Å². The Morgan fingerprint density at radius 2 is 1.08 bits per heavy atom. The van der Waals surface area contributed by atoms with Crippen LogP contribution in [0, 0.1) is 0 Å². The molecular formula is C26H28N2O6Se2. The van der Waals surface area contributed by atoms with E-state index in [-0.39, 0.29) is 50.0 Å². The van der Waals surface area contributed by atoms with Crippen molar-refractivity contribution in [2.24, 2.45) is 0 Å². The molecule has 0 spiro atoms. The van der Waals surface area contributed by atoms with Crippen LogP contribution in [0.2, 0.25) is 0 Å². The van der Waals surface area contributed by atoms with E-state index >= 15 is 0 Å². The summed E-state index contributed by atoms with van der Waals surface area (Å²) in [4.78, 5) is 54.4. The van der Waals surface area contributed by atoms with Crippen molar-refractivity contribution in [1.82, 2.24) is 9.80 Å². The van der Waals surface area contributed by atoms with E-state index in [2.05, 4.69) is 0 Å². The number of carbonyl (C=O) groups excluding carboxylic acids is 4. The fraction of sp³-hybridized carbons (Fsp3) is 0.385. The van der Waals surface area contributed by atoms with Crippen molar-refractivity contribution in [3.8, 4) is 0 Å². The summed E-state index contributed by atoms with van der Waals surface area (Å²) in [5.74, 6) is -1.07. The molecule has 0 bridgehead atoms. The number of hydrogen-bond donors (Lipinski definition) is 0. The monoisotopic (exact) mass is 624 g/mol. The minimum atomic E-state index is -0.546. The van der Waals surface area contributed by atoms with Crippen molar-refractivity contribution < 1.29 is 28.7 Å². The zero-order valence-corrected chi connectivity index (χ0v) is 23.6. The number of rotatable bonds is 7. The summed E-state index contributed by atoms with van der Waals surface area (Å²) in [5, 5.41) is 0. The fourth-order valence-corrected chi connectivity index (χ4v) is 11.7. The van der Waals surface area contributed by atoms with Gasteiger partial charge in [0.15, 0.2) is 0 Å². The first-order chi connectivity index (χ1) is 17.5. The Morgan fingerprint density at radius 3 is 1.47 bits per heavy atom. The standard InChI is InChI=1S/C26H28N2O6Se2/c1-33-25(31)19-11-7-15-27(19)23(29)17-9-3-5-13-21(17)35-36-22-14-6-4-10-18(22)24(30)28-16-8-12-20(28)26(32)34-2/h3-6,9-10,13-14,19-20H,7-8,11-12,15-16H2,1-2H3/t19-,20+. The van der Waals surface area contributed by atoms with Gasteiger partial charge in [0.2, 0.25) is 0 Å². The molecule has 2 aliphatic heterocycles. The van der Waals surface area contributed by atoms with E-state index in [0.29, 0.717) is 37.1 Å². The zero-order valence-electron chi connectivity index (χ0n) is 20.2. The molecule has 2 aliphatic rings. The van der Waals surface area contributed by atoms with Crippen LogP contribution in [-0.2, 0) is 19.1 Å². The molecule has 190 valence electrons. The number of benzene rings is 2. The Morgan fingerprint density at radius 1 is 0.694 bits per heavy atom. The van der Waals surface area contributed by atoms with Gasteiger partial charge in [-0.2, -0.15) is 0 Å². The van der Waals surface area contributed by atoms with Crippen molar-refractivity contribution in [3.05, 3.63) is 59.7 Å². The summed E-state index contributed by atoms with van der Waals surface area (Å²) in [5.41, 5.74) is 1.20. The number of ether oxygens (including phenoxy) is 2. The molecule has 2 heterocycles. The van der Waals surface area contributed by atoms with E-state index in [0.717, 1.165) is 21.8 Å². The minimum absolute atomic E-state index is 0.0805. The van der Waals surface area contributed by atoms with Crippen molar-refractivity contribution in [2.45, 2.75) is 37.8 Å². The molecule has 8 nitrogen and oxygen atoms in total. The summed E-state index contributed by atoms with van der Waals surface area (Å²) in [6.45, 7) is 1.05. The molecule has 2 fully saturated rings. The topological polar surface area (TPSA) is 93.2 Å². The summed E-state index contributed by atoms with van der Waals surface area (Å²) >= 11 is -0.161. The first-order valence-electron chi connectivity index (χ1n) is 11.8. The Labute approximate surface area is 221 Å². The molecule has 4 rings (SSSR count). The number of amides is 2. The van der Waals surface area contributed by atoms with Gasteiger partial charge in [-0.25, -0.2) is 0 Å². The number of esters is 2. The fourth-order valence-electron chi connectivity index (χ4n) is 4.61. The van der Waals surface area contributed by atoms with Crippen LogP contribution in [0.1, 0.15) is 46.4 Å². The van der Waals surface area contributed by atoms with E-state index in [9.17, 15) is 19.2 Å². The van der Waals surface area contributed by atoms with Crippen molar-refractivity contribution in [1.29, 1.82) is 0 Å². The van der Waals surface area contributed by atoms with E-state index in [1.165, 1.54) is 14.2 Å². The van der Waals surface area contributed by atoms with Crippen LogP contribution in [0.4, 0.5) is 0 Å². The predicted octanol–water partition coefficient (Wildman–Crippen LogP) is 0.516. The number of likely N-dealkylation sites (tertiary alicyclic amines) is 2. The molecule has 0 radical (unpaired) electrons. The molecule has 0 aromatic heterocycles. The van der Waals surface area contributed by atoms with Crippen LogP contribution in [0.25, 0.3) is 0 Å². The van der Waals surface area contributed by atoms with E-state index in [1.807, 2.05) is 48.5 Å². The van der Waals surface area contributed by atoms with Crippen LogP contribution in [0.3, 0.4) is 0 Å². The molecule has 0 N–H and O–H groups in total. The third kappa shape index (κ3) is 5.52. The van der Waals surface area contributed by atoms with E-state index < -0.39 is 12.1 Å². The number of carbonyl (C=O) groups is 4. The molecule has 0 saturated carbocycles. The molecule has 0 aliphatic carbocycles.